The lowest BCUT2D eigenvalue weighted by atomic mass is 9.85. The molecule has 0 radical (unpaired) electrons. The van der Waals surface area contributed by atoms with E-state index in [4.69, 9.17) is 0 Å². The fraction of sp³-hybridized carbons (Fsp3) is 0.312. The molecule has 20 heavy (non-hydrogen) atoms. The Morgan fingerprint density at radius 3 is 2.45 bits per heavy atom. The molecule has 0 saturated heterocycles. The van der Waals surface area contributed by atoms with Crippen LogP contribution in [0.4, 0.5) is 0 Å². The number of aromatic nitrogens is 3. The first kappa shape index (κ1) is 13.2. The summed E-state index contributed by atoms with van der Waals surface area (Å²) < 4.78 is 9.02. The van der Waals surface area contributed by atoms with Crippen LogP contribution in [0.2, 0.25) is 0 Å². The molecule has 4 heteroatoms. The van der Waals surface area contributed by atoms with E-state index in [1.807, 2.05) is 19.2 Å². The van der Waals surface area contributed by atoms with E-state index in [-0.39, 0.29) is 5.41 Å². The van der Waals surface area contributed by atoms with Crippen molar-refractivity contribution in [2.45, 2.75) is 33.1 Å². The summed E-state index contributed by atoms with van der Waals surface area (Å²) >= 11 is 1.28. The van der Waals surface area contributed by atoms with Gasteiger partial charge in [0.1, 0.15) is 11.0 Å². The summed E-state index contributed by atoms with van der Waals surface area (Å²) in [5, 5.41) is 0. The lowest BCUT2D eigenvalue weighted by Gasteiger charge is -2.19. The fourth-order valence-corrected chi connectivity index (χ4v) is 2.99. The second kappa shape index (κ2) is 4.63. The number of hydrogen-bond acceptors (Lipinski definition) is 4. The number of aryl methyl sites for hydroxylation is 1. The number of pyridine rings is 1. The molecule has 0 fully saturated rings. The third kappa shape index (κ3) is 2.20. The normalized spacial score (nSPS) is 12.0. The molecule has 3 rings (SSSR count). The maximum Gasteiger partial charge on any atom is 0.112 e. The third-order valence-electron chi connectivity index (χ3n) is 3.43. The Labute approximate surface area is 123 Å². The zero-order valence-electron chi connectivity index (χ0n) is 12.1. The van der Waals surface area contributed by atoms with Gasteiger partial charge in [0.25, 0.3) is 0 Å². The number of nitrogens with zero attached hydrogens (tertiary/aromatic N) is 3. The second-order valence-electron chi connectivity index (χ2n) is 6.06. The average Bonchev–Trinajstić information content (AvgIpc) is 2.85. The smallest absolute Gasteiger partial charge is 0.112 e. The quantitative estimate of drug-likeness (QED) is 0.666. The Hall–Kier alpha value is -1.81. The topological polar surface area (TPSA) is 38.7 Å². The van der Waals surface area contributed by atoms with Crippen molar-refractivity contribution in [1.82, 2.24) is 13.7 Å². The molecule has 0 saturated carbocycles. The minimum absolute atomic E-state index is 0.0701. The molecule has 102 valence electrons. The number of hydrogen-bond donors (Lipinski definition) is 0. The van der Waals surface area contributed by atoms with Crippen LogP contribution in [-0.2, 0) is 5.41 Å². The van der Waals surface area contributed by atoms with Gasteiger partial charge in [-0.2, -0.15) is 8.75 Å². The van der Waals surface area contributed by atoms with E-state index in [0.717, 1.165) is 27.9 Å². The van der Waals surface area contributed by atoms with E-state index in [9.17, 15) is 0 Å². The average molecular weight is 283 g/mol. The minimum Gasteiger partial charge on any atom is -0.262 e. The van der Waals surface area contributed by atoms with Crippen molar-refractivity contribution in [3.05, 3.63) is 41.7 Å². The first-order valence-corrected chi connectivity index (χ1v) is 7.38. The van der Waals surface area contributed by atoms with Gasteiger partial charge in [0.15, 0.2) is 0 Å². The molecular weight excluding hydrogens is 266 g/mol. The highest BCUT2D eigenvalue weighted by Gasteiger charge is 2.21. The first-order valence-electron chi connectivity index (χ1n) is 6.65. The standard InChI is InChI=1S/C16H17N3S/c1-10-9-11(7-8-17-10)12-5-6-13(16(2,3)4)15-14(12)18-20-19-15/h5-9H,1-4H3. The lowest BCUT2D eigenvalue weighted by Crippen LogP contribution is -2.11. The Kier molecular flexibility index (Phi) is 3.05. The molecule has 0 aliphatic heterocycles. The number of benzene rings is 1. The molecule has 0 atom stereocenters. The van der Waals surface area contributed by atoms with Gasteiger partial charge in [-0.1, -0.05) is 32.9 Å². The maximum atomic E-state index is 4.51. The van der Waals surface area contributed by atoms with Crippen LogP contribution in [0.5, 0.6) is 0 Å². The highest BCUT2D eigenvalue weighted by Crippen LogP contribution is 2.34. The molecule has 0 amide bonds. The molecule has 0 unspecified atom stereocenters. The van der Waals surface area contributed by atoms with E-state index >= 15 is 0 Å². The molecule has 3 nitrogen and oxygen atoms in total. The van der Waals surface area contributed by atoms with Crippen molar-refractivity contribution >= 4 is 22.8 Å². The molecule has 0 N–H and O–H groups in total. The summed E-state index contributed by atoms with van der Waals surface area (Å²) in [5.74, 6) is 0. The molecule has 2 aromatic heterocycles. The summed E-state index contributed by atoms with van der Waals surface area (Å²) in [5.41, 5.74) is 6.63. The van der Waals surface area contributed by atoms with Crippen LogP contribution in [0.1, 0.15) is 32.0 Å². The van der Waals surface area contributed by atoms with Gasteiger partial charge in [0.05, 0.1) is 11.7 Å². The SMILES string of the molecule is Cc1cc(-c2ccc(C(C)(C)C)c3nsnc23)ccn1. The molecule has 0 aliphatic carbocycles. The van der Waals surface area contributed by atoms with Crippen LogP contribution < -0.4 is 0 Å². The monoisotopic (exact) mass is 283 g/mol. The first-order chi connectivity index (χ1) is 9.47. The van der Waals surface area contributed by atoms with Crippen molar-refractivity contribution in [2.75, 3.05) is 0 Å². The fourth-order valence-electron chi connectivity index (χ4n) is 2.42. The van der Waals surface area contributed by atoms with Gasteiger partial charge in [-0.3, -0.25) is 4.98 Å². The molecule has 0 aliphatic rings. The predicted molar refractivity (Wildman–Crippen MR) is 84.1 cm³/mol. The van der Waals surface area contributed by atoms with Gasteiger partial charge in [0.2, 0.25) is 0 Å². The largest absolute Gasteiger partial charge is 0.262 e. The molecule has 0 spiro atoms. The molecule has 2 heterocycles. The van der Waals surface area contributed by atoms with Crippen molar-refractivity contribution in [3.63, 3.8) is 0 Å². The predicted octanol–water partition coefficient (Wildman–Crippen LogP) is 4.36. The molecule has 3 aromatic rings. The Bertz CT molecular complexity index is 769. The summed E-state index contributed by atoms with van der Waals surface area (Å²) in [4.78, 5) is 4.26. The molecular formula is C16H17N3S. The number of fused-ring (bicyclic) bond motifs is 1. The summed E-state index contributed by atoms with van der Waals surface area (Å²) in [6.07, 6.45) is 1.84. The zero-order chi connectivity index (χ0) is 14.3. The van der Waals surface area contributed by atoms with Gasteiger partial charge in [0, 0.05) is 17.5 Å². The Balaban J connectivity index is 2.27. The van der Waals surface area contributed by atoms with Gasteiger partial charge in [-0.15, -0.1) is 0 Å². The Morgan fingerprint density at radius 2 is 1.75 bits per heavy atom. The molecule has 0 bridgehead atoms. The highest BCUT2D eigenvalue weighted by molar-refractivity contribution is 7.00. The maximum absolute atomic E-state index is 4.51. The third-order valence-corrected chi connectivity index (χ3v) is 3.96. The van der Waals surface area contributed by atoms with Crippen molar-refractivity contribution in [3.8, 4) is 11.1 Å². The van der Waals surface area contributed by atoms with Gasteiger partial charge < -0.3 is 0 Å². The second-order valence-corrected chi connectivity index (χ2v) is 6.59. The number of rotatable bonds is 1. The van der Waals surface area contributed by atoms with Gasteiger partial charge in [-0.25, -0.2) is 0 Å². The van der Waals surface area contributed by atoms with Crippen LogP contribution in [-0.4, -0.2) is 13.7 Å². The summed E-state index contributed by atoms with van der Waals surface area (Å²) in [7, 11) is 0. The molecule has 1 aromatic carbocycles. The van der Waals surface area contributed by atoms with Crippen LogP contribution >= 0.6 is 11.7 Å². The van der Waals surface area contributed by atoms with Crippen molar-refractivity contribution in [1.29, 1.82) is 0 Å². The van der Waals surface area contributed by atoms with Crippen LogP contribution in [0, 0.1) is 6.92 Å². The Morgan fingerprint density at radius 1 is 1.00 bits per heavy atom. The van der Waals surface area contributed by atoms with E-state index in [1.54, 1.807) is 0 Å². The van der Waals surface area contributed by atoms with Crippen LogP contribution in [0.25, 0.3) is 22.2 Å². The zero-order valence-corrected chi connectivity index (χ0v) is 13.0. The summed E-state index contributed by atoms with van der Waals surface area (Å²) in [6, 6.07) is 8.44. The van der Waals surface area contributed by atoms with Crippen molar-refractivity contribution in [2.24, 2.45) is 0 Å². The highest BCUT2D eigenvalue weighted by atomic mass is 32.1. The van der Waals surface area contributed by atoms with E-state index < -0.39 is 0 Å². The van der Waals surface area contributed by atoms with E-state index in [1.165, 1.54) is 17.3 Å². The van der Waals surface area contributed by atoms with E-state index in [0.29, 0.717) is 0 Å². The minimum atomic E-state index is 0.0701. The van der Waals surface area contributed by atoms with Crippen LogP contribution in [0.3, 0.4) is 0 Å². The van der Waals surface area contributed by atoms with Gasteiger partial charge in [-0.05, 0) is 35.6 Å². The summed E-state index contributed by atoms with van der Waals surface area (Å²) in [6.45, 7) is 8.62. The lowest BCUT2D eigenvalue weighted by molar-refractivity contribution is 0.595. The van der Waals surface area contributed by atoms with E-state index in [2.05, 4.69) is 52.7 Å². The van der Waals surface area contributed by atoms with Crippen LogP contribution in [0.15, 0.2) is 30.5 Å². The van der Waals surface area contributed by atoms with Gasteiger partial charge >= 0.3 is 0 Å². The van der Waals surface area contributed by atoms with Crippen molar-refractivity contribution < 1.29 is 0 Å².